The normalized spacial score (nSPS) is 16.2. The summed E-state index contributed by atoms with van der Waals surface area (Å²) in [6.07, 6.45) is -2.10. The molecular weight excluding hydrogens is 474 g/mol. The van der Waals surface area contributed by atoms with Gasteiger partial charge in [-0.1, -0.05) is 17.7 Å². The number of hydroxylamine groups is 2. The van der Waals surface area contributed by atoms with Crippen molar-refractivity contribution in [1.29, 1.82) is 0 Å². The lowest BCUT2D eigenvalue weighted by Crippen LogP contribution is -2.35. The van der Waals surface area contributed by atoms with Gasteiger partial charge >= 0.3 is 16.3 Å². The van der Waals surface area contributed by atoms with E-state index in [9.17, 15) is 26.0 Å². The summed E-state index contributed by atoms with van der Waals surface area (Å²) in [4.78, 5) is 4.58. The molecule has 2 heterocycles. The van der Waals surface area contributed by atoms with Crippen LogP contribution < -0.4 is 0 Å². The minimum atomic E-state index is -4.80. The summed E-state index contributed by atoms with van der Waals surface area (Å²) >= 11 is 0. The third-order valence-electron chi connectivity index (χ3n) is 5.81. The van der Waals surface area contributed by atoms with Crippen molar-refractivity contribution in [2.45, 2.75) is 36.8 Å². The number of aromatic nitrogens is 2. The first kappa shape index (κ1) is 24.4. The molecule has 0 spiro atoms. The molecule has 1 fully saturated rings. The fraction of sp³-hybridized carbons (Fsp3) is 0.348. The lowest BCUT2D eigenvalue weighted by atomic mass is 9.97. The van der Waals surface area contributed by atoms with Crippen LogP contribution in [0.2, 0.25) is 0 Å². The zero-order chi connectivity index (χ0) is 24.7. The smallest absolute Gasteiger partial charge is 0.337 e. The molecule has 6 nitrogen and oxygen atoms in total. The minimum Gasteiger partial charge on any atom is -0.337 e. The SMILES string of the molecule is Cc1ccc(S(=O)(=O)ON2CCC(c3nc(-c4ccc(F)c(C(F)(F)F)c4)cn3C)CC2)cc1. The van der Waals surface area contributed by atoms with E-state index < -0.39 is 27.7 Å². The number of alkyl halides is 3. The Labute approximate surface area is 194 Å². The molecule has 4 rings (SSSR count). The van der Waals surface area contributed by atoms with Gasteiger partial charge in [0.25, 0.3) is 0 Å². The molecule has 1 aromatic heterocycles. The van der Waals surface area contributed by atoms with E-state index in [-0.39, 0.29) is 16.4 Å². The molecule has 182 valence electrons. The maximum absolute atomic E-state index is 13.6. The Balaban J connectivity index is 1.45. The van der Waals surface area contributed by atoms with Crippen LogP contribution in [0.4, 0.5) is 17.6 Å². The van der Waals surface area contributed by atoms with Gasteiger partial charge in [-0.05, 0) is 50.1 Å². The van der Waals surface area contributed by atoms with Crippen LogP contribution in [0.25, 0.3) is 11.3 Å². The Kier molecular flexibility index (Phi) is 6.54. The summed E-state index contributed by atoms with van der Waals surface area (Å²) in [6, 6.07) is 9.19. The first-order chi connectivity index (χ1) is 15.9. The molecule has 0 amide bonds. The van der Waals surface area contributed by atoms with Crippen LogP contribution in [0.15, 0.2) is 53.6 Å². The van der Waals surface area contributed by atoms with Crippen molar-refractivity contribution >= 4 is 10.1 Å². The zero-order valence-corrected chi connectivity index (χ0v) is 19.3. The maximum Gasteiger partial charge on any atom is 0.419 e. The molecule has 0 saturated carbocycles. The third kappa shape index (κ3) is 5.16. The Hall–Kier alpha value is -2.76. The van der Waals surface area contributed by atoms with E-state index in [1.165, 1.54) is 23.3 Å². The number of hydrogen-bond donors (Lipinski definition) is 0. The molecule has 0 unspecified atom stereocenters. The number of nitrogens with zero attached hydrogens (tertiary/aromatic N) is 3. The molecule has 0 aliphatic carbocycles. The number of aryl methyl sites for hydroxylation is 2. The fourth-order valence-electron chi connectivity index (χ4n) is 3.98. The molecule has 2 aromatic carbocycles. The molecule has 11 heteroatoms. The average Bonchev–Trinajstić information content (AvgIpc) is 3.15. The van der Waals surface area contributed by atoms with Gasteiger partial charge in [0.05, 0.1) is 16.2 Å². The van der Waals surface area contributed by atoms with Gasteiger partial charge in [0.15, 0.2) is 0 Å². The van der Waals surface area contributed by atoms with Gasteiger partial charge in [-0.15, -0.1) is 0 Å². The van der Waals surface area contributed by atoms with Crippen molar-refractivity contribution in [3.05, 3.63) is 71.4 Å². The van der Waals surface area contributed by atoms with E-state index in [4.69, 9.17) is 4.28 Å². The van der Waals surface area contributed by atoms with Crippen LogP contribution >= 0.6 is 0 Å². The van der Waals surface area contributed by atoms with Crippen molar-refractivity contribution in [2.75, 3.05) is 13.1 Å². The summed E-state index contributed by atoms with van der Waals surface area (Å²) in [5.74, 6) is -0.711. The number of benzene rings is 2. The highest BCUT2D eigenvalue weighted by molar-refractivity contribution is 7.86. The van der Waals surface area contributed by atoms with E-state index in [0.29, 0.717) is 37.4 Å². The van der Waals surface area contributed by atoms with E-state index in [0.717, 1.165) is 17.7 Å². The maximum atomic E-state index is 13.6. The summed E-state index contributed by atoms with van der Waals surface area (Å²) < 4.78 is 84.9. The van der Waals surface area contributed by atoms with Crippen molar-refractivity contribution in [1.82, 2.24) is 14.6 Å². The monoisotopic (exact) mass is 497 g/mol. The molecule has 3 aromatic rings. The Bertz CT molecular complexity index is 1280. The Morgan fingerprint density at radius 1 is 1.06 bits per heavy atom. The van der Waals surface area contributed by atoms with Gasteiger partial charge in [0, 0.05) is 37.8 Å². The molecule has 1 aliphatic rings. The molecule has 0 atom stereocenters. The summed E-state index contributed by atoms with van der Waals surface area (Å²) in [7, 11) is -2.20. The van der Waals surface area contributed by atoms with Crippen LogP contribution in [-0.4, -0.2) is 36.1 Å². The number of hydrogen-bond acceptors (Lipinski definition) is 5. The van der Waals surface area contributed by atoms with E-state index in [2.05, 4.69) is 4.98 Å². The molecule has 0 bridgehead atoms. The average molecular weight is 498 g/mol. The number of piperidine rings is 1. The fourth-order valence-corrected chi connectivity index (χ4v) is 4.96. The number of imidazole rings is 1. The molecule has 1 aliphatic heterocycles. The van der Waals surface area contributed by atoms with Gasteiger partial charge in [0.1, 0.15) is 11.6 Å². The summed E-state index contributed by atoms with van der Waals surface area (Å²) in [6.45, 7) is 2.54. The third-order valence-corrected chi connectivity index (χ3v) is 7.07. The van der Waals surface area contributed by atoms with Crippen molar-refractivity contribution in [3.63, 3.8) is 0 Å². The van der Waals surface area contributed by atoms with E-state index in [1.807, 2.05) is 6.92 Å². The lowest BCUT2D eigenvalue weighted by molar-refractivity contribution is -0.139. The van der Waals surface area contributed by atoms with Gasteiger partial charge in [-0.3, -0.25) is 0 Å². The quantitative estimate of drug-likeness (QED) is 0.462. The molecule has 0 N–H and O–H groups in total. The minimum absolute atomic E-state index is 0.0387. The van der Waals surface area contributed by atoms with Crippen LogP contribution in [-0.2, 0) is 27.6 Å². The summed E-state index contributed by atoms with van der Waals surface area (Å²) in [5.41, 5.74) is 0.0751. The highest BCUT2D eigenvalue weighted by atomic mass is 32.2. The predicted molar refractivity (Wildman–Crippen MR) is 117 cm³/mol. The highest BCUT2D eigenvalue weighted by Crippen LogP contribution is 2.35. The van der Waals surface area contributed by atoms with Crippen LogP contribution in [0.1, 0.15) is 35.7 Å². The second kappa shape index (κ2) is 9.12. The van der Waals surface area contributed by atoms with Crippen molar-refractivity contribution < 1.29 is 30.3 Å². The molecular formula is C23H23F4N3O3S. The second-order valence-corrected chi connectivity index (χ2v) is 9.86. The highest BCUT2D eigenvalue weighted by Gasteiger charge is 2.35. The molecule has 1 saturated heterocycles. The molecule has 34 heavy (non-hydrogen) atoms. The summed E-state index contributed by atoms with van der Waals surface area (Å²) in [5, 5.41) is 1.39. The Morgan fingerprint density at radius 2 is 1.71 bits per heavy atom. The standard InChI is InChI=1S/C23H23F4N3O3S/c1-15-3-6-18(7-4-15)34(31,32)33-30-11-9-16(10-12-30)22-28-21(14-29(22)2)17-5-8-20(24)19(13-17)23(25,26)27/h3-8,13-14,16H,9-12H2,1-2H3. The Morgan fingerprint density at radius 3 is 2.32 bits per heavy atom. The number of halogens is 4. The van der Waals surface area contributed by atoms with Gasteiger partial charge in [-0.25, -0.2) is 9.37 Å². The van der Waals surface area contributed by atoms with E-state index in [1.54, 1.807) is 29.9 Å². The second-order valence-electron chi connectivity index (χ2n) is 8.33. The van der Waals surface area contributed by atoms with E-state index >= 15 is 0 Å². The molecule has 0 radical (unpaired) electrons. The zero-order valence-electron chi connectivity index (χ0n) is 18.5. The van der Waals surface area contributed by atoms with Gasteiger partial charge < -0.3 is 4.57 Å². The lowest BCUT2D eigenvalue weighted by Gasteiger charge is -2.30. The van der Waals surface area contributed by atoms with Gasteiger partial charge in [0.2, 0.25) is 0 Å². The number of rotatable bonds is 5. The van der Waals surface area contributed by atoms with Crippen molar-refractivity contribution in [2.24, 2.45) is 7.05 Å². The first-order valence-corrected chi connectivity index (χ1v) is 12.0. The topological polar surface area (TPSA) is 64.4 Å². The first-order valence-electron chi connectivity index (χ1n) is 10.6. The van der Waals surface area contributed by atoms with Crippen LogP contribution in [0.5, 0.6) is 0 Å². The van der Waals surface area contributed by atoms with Crippen LogP contribution in [0.3, 0.4) is 0 Å². The van der Waals surface area contributed by atoms with Gasteiger partial charge in [-0.2, -0.15) is 30.9 Å². The predicted octanol–water partition coefficient (Wildman–Crippen LogP) is 5.05. The largest absolute Gasteiger partial charge is 0.419 e. The van der Waals surface area contributed by atoms with Crippen molar-refractivity contribution in [3.8, 4) is 11.3 Å². The van der Waals surface area contributed by atoms with Crippen LogP contribution in [0, 0.1) is 12.7 Å².